The predicted octanol–water partition coefficient (Wildman–Crippen LogP) is 2.62. The molecule has 27 heavy (non-hydrogen) atoms. The van der Waals surface area contributed by atoms with Crippen molar-refractivity contribution < 1.29 is 14.4 Å². The van der Waals surface area contributed by atoms with Gasteiger partial charge in [0, 0.05) is 0 Å². The van der Waals surface area contributed by atoms with Gasteiger partial charge in [-0.1, -0.05) is 35.9 Å². The SMILES string of the molecule is CC1(c2ccc(C#N)cc2)NC(=O)N(CC(=O)Nc2ccccc2Cl)C1=O. The van der Waals surface area contributed by atoms with Gasteiger partial charge in [0.25, 0.3) is 5.91 Å². The van der Waals surface area contributed by atoms with Gasteiger partial charge in [-0.3, -0.25) is 14.5 Å². The average Bonchev–Trinajstić information content (AvgIpc) is 2.88. The molecule has 1 fully saturated rings. The maximum absolute atomic E-state index is 12.8. The number of urea groups is 1. The number of nitriles is 1. The highest BCUT2D eigenvalue weighted by Gasteiger charge is 2.49. The summed E-state index contributed by atoms with van der Waals surface area (Å²) in [5.41, 5.74) is 0.0467. The molecule has 136 valence electrons. The third-order valence-corrected chi connectivity index (χ3v) is 4.65. The fourth-order valence-electron chi connectivity index (χ4n) is 2.81. The Morgan fingerprint density at radius 2 is 1.89 bits per heavy atom. The molecule has 0 bridgehead atoms. The normalized spacial score (nSPS) is 18.8. The number of anilines is 1. The first kappa shape index (κ1) is 18.4. The Balaban J connectivity index is 1.76. The maximum atomic E-state index is 12.8. The van der Waals surface area contributed by atoms with Gasteiger partial charge in [-0.25, -0.2) is 4.79 Å². The Kier molecular flexibility index (Phi) is 4.84. The molecule has 1 aliphatic rings. The van der Waals surface area contributed by atoms with Crippen molar-refractivity contribution in [2.75, 3.05) is 11.9 Å². The lowest BCUT2D eigenvalue weighted by Gasteiger charge is -2.22. The number of rotatable bonds is 4. The number of imide groups is 1. The molecule has 1 saturated heterocycles. The molecule has 0 aliphatic carbocycles. The van der Waals surface area contributed by atoms with Gasteiger partial charge in [-0.05, 0) is 36.8 Å². The number of para-hydroxylation sites is 1. The predicted molar refractivity (Wildman–Crippen MR) is 98.8 cm³/mol. The molecule has 2 aromatic carbocycles. The molecular formula is C19H15ClN4O3. The van der Waals surface area contributed by atoms with Crippen LogP contribution in [0.25, 0.3) is 0 Å². The topological polar surface area (TPSA) is 102 Å². The van der Waals surface area contributed by atoms with Gasteiger partial charge in [0.15, 0.2) is 0 Å². The second-order valence-electron chi connectivity index (χ2n) is 6.16. The second-order valence-corrected chi connectivity index (χ2v) is 6.57. The van der Waals surface area contributed by atoms with E-state index in [1.807, 2.05) is 6.07 Å². The van der Waals surface area contributed by atoms with E-state index in [-0.39, 0.29) is 0 Å². The molecule has 1 aliphatic heterocycles. The molecule has 0 saturated carbocycles. The largest absolute Gasteiger partial charge is 0.325 e. The van der Waals surface area contributed by atoms with E-state index in [0.717, 1.165) is 4.90 Å². The number of halogens is 1. The van der Waals surface area contributed by atoms with Crippen molar-refractivity contribution in [1.29, 1.82) is 5.26 Å². The van der Waals surface area contributed by atoms with Crippen LogP contribution in [0.3, 0.4) is 0 Å². The van der Waals surface area contributed by atoms with Gasteiger partial charge in [-0.15, -0.1) is 0 Å². The molecule has 0 spiro atoms. The highest BCUT2D eigenvalue weighted by atomic mass is 35.5. The summed E-state index contributed by atoms with van der Waals surface area (Å²) >= 11 is 5.99. The van der Waals surface area contributed by atoms with E-state index >= 15 is 0 Å². The van der Waals surface area contributed by atoms with Crippen LogP contribution >= 0.6 is 11.6 Å². The van der Waals surface area contributed by atoms with Crippen molar-refractivity contribution >= 4 is 35.1 Å². The number of nitrogens with zero attached hydrogens (tertiary/aromatic N) is 2. The number of nitrogens with one attached hydrogen (secondary N) is 2. The third-order valence-electron chi connectivity index (χ3n) is 4.32. The Bertz CT molecular complexity index is 968. The van der Waals surface area contributed by atoms with E-state index in [1.54, 1.807) is 55.5 Å². The zero-order valence-corrected chi connectivity index (χ0v) is 15.1. The van der Waals surface area contributed by atoms with Crippen LogP contribution in [0.15, 0.2) is 48.5 Å². The zero-order valence-electron chi connectivity index (χ0n) is 14.3. The van der Waals surface area contributed by atoms with Crippen LogP contribution in [-0.4, -0.2) is 29.3 Å². The summed E-state index contributed by atoms with van der Waals surface area (Å²) in [4.78, 5) is 38.2. The minimum atomic E-state index is -1.31. The van der Waals surface area contributed by atoms with Gasteiger partial charge in [0.2, 0.25) is 5.91 Å². The Labute approximate surface area is 160 Å². The van der Waals surface area contributed by atoms with E-state index in [9.17, 15) is 14.4 Å². The summed E-state index contributed by atoms with van der Waals surface area (Å²) in [5.74, 6) is -1.10. The molecule has 0 radical (unpaired) electrons. The lowest BCUT2D eigenvalue weighted by Crippen LogP contribution is -2.42. The lowest BCUT2D eigenvalue weighted by molar-refractivity contribution is -0.133. The molecule has 7 nitrogen and oxygen atoms in total. The summed E-state index contributed by atoms with van der Waals surface area (Å²) in [6.07, 6.45) is 0. The highest BCUT2D eigenvalue weighted by Crippen LogP contribution is 2.29. The van der Waals surface area contributed by atoms with Crippen molar-refractivity contribution in [1.82, 2.24) is 10.2 Å². The molecule has 1 atom stereocenters. The van der Waals surface area contributed by atoms with Gasteiger partial charge in [0.05, 0.1) is 22.3 Å². The fourth-order valence-corrected chi connectivity index (χ4v) is 2.99. The van der Waals surface area contributed by atoms with Gasteiger partial charge in [0.1, 0.15) is 12.1 Å². The summed E-state index contributed by atoms with van der Waals surface area (Å²) < 4.78 is 0. The van der Waals surface area contributed by atoms with E-state index in [4.69, 9.17) is 16.9 Å². The number of carbonyl (C=O) groups excluding carboxylic acids is 3. The van der Waals surface area contributed by atoms with Crippen LogP contribution in [0.4, 0.5) is 10.5 Å². The molecule has 3 rings (SSSR count). The molecular weight excluding hydrogens is 368 g/mol. The van der Waals surface area contributed by atoms with Gasteiger partial charge in [-0.2, -0.15) is 5.26 Å². The summed E-state index contributed by atoms with van der Waals surface area (Å²) in [5, 5.41) is 14.4. The quantitative estimate of drug-likeness (QED) is 0.793. The molecule has 4 amide bonds. The molecule has 0 aromatic heterocycles. The van der Waals surface area contributed by atoms with Crippen LogP contribution in [0.2, 0.25) is 5.02 Å². The van der Waals surface area contributed by atoms with Crippen molar-refractivity contribution in [2.45, 2.75) is 12.5 Å². The van der Waals surface area contributed by atoms with E-state index < -0.39 is 29.9 Å². The van der Waals surface area contributed by atoms with E-state index in [0.29, 0.717) is 21.8 Å². The minimum Gasteiger partial charge on any atom is -0.323 e. The highest BCUT2D eigenvalue weighted by molar-refractivity contribution is 6.33. The number of benzene rings is 2. The first-order valence-corrected chi connectivity index (χ1v) is 8.42. The number of hydrogen-bond donors (Lipinski definition) is 2. The van der Waals surface area contributed by atoms with Crippen molar-refractivity contribution in [3.05, 3.63) is 64.7 Å². The smallest absolute Gasteiger partial charge is 0.323 e. The molecule has 2 N–H and O–H groups in total. The Morgan fingerprint density at radius 1 is 1.22 bits per heavy atom. The minimum absolute atomic E-state index is 0.352. The number of amides is 4. The summed E-state index contributed by atoms with van der Waals surface area (Å²) in [6, 6.07) is 14.3. The van der Waals surface area contributed by atoms with Crippen molar-refractivity contribution in [3.63, 3.8) is 0 Å². The van der Waals surface area contributed by atoms with E-state index in [1.165, 1.54) is 0 Å². The van der Waals surface area contributed by atoms with Crippen LogP contribution < -0.4 is 10.6 Å². The first-order chi connectivity index (χ1) is 12.8. The molecule has 8 heteroatoms. The molecule has 1 unspecified atom stereocenters. The monoisotopic (exact) mass is 382 g/mol. The van der Waals surface area contributed by atoms with Gasteiger partial charge < -0.3 is 10.6 Å². The van der Waals surface area contributed by atoms with Crippen LogP contribution in [0, 0.1) is 11.3 Å². The first-order valence-electron chi connectivity index (χ1n) is 8.04. The number of carbonyl (C=O) groups is 3. The van der Waals surface area contributed by atoms with E-state index in [2.05, 4.69) is 10.6 Å². The lowest BCUT2D eigenvalue weighted by atomic mass is 9.91. The third kappa shape index (κ3) is 3.48. The second kappa shape index (κ2) is 7.09. The zero-order chi connectivity index (χ0) is 19.6. The standard InChI is InChI=1S/C19H15ClN4O3/c1-19(13-8-6-12(10-21)7-9-13)17(26)24(18(27)23-19)11-16(25)22-15-5-3-2-4-14(15)20/h2-9H,11H2,1H3,(H,22,25)(H,23,27). The number of hydrogen-bond acceptors (Lipinski definition) is 4. The summed E-state index contributed by atoms with van der Waals surface area (Å²) in [7, 11) is 0. The molecule has 2 aromatic rings. The molecule has 1 heterocycles. The van der Waals surface area contributed by atoms with Crippen molar-refractivity contribution in [3.8, 4) is 6.07 Å². The van der Waals surface area contributed by atoms with Crippen LogP contribution in [0.1, 0.15) is 18.1 Å². The fraction of sp³-hybridized carbons (Fsp3) is 0.158. The van der Waals surface area contributed by atoms with Crippen LogP contribution in [-0.2, 0) is 15.1 Å². The summed E-state index contributed by atoms with van der Waals surface area (Å²) in [6.45, 7) is 1.11. The Morgan fingerprint density at radius 3 is 2.52 bits per heavy atom. The van der Waals surface area contributed by atoms with Crippen molar-refractivity contribution in [2.24, 2.45) is 0 Å². The Hall–Kier alpha value is -3.37. The van der Waals surface area contributed by atoms with Crippen LogP contribution in [0.5, 0.6) is 0 Å². The average molecular weight is 383 g/mol. The van der Waals surface area contributed by atoms with Gasteiger partial charge >= 0.3 is 6.03 Å². The maximum Gasteiger partial charge on any atom is 0.325 e.